The van der Waals surface area contributed by atoms with E-state index in [9.17, 15) is 4.79 Å². The molecule has 0 aliphatic rings. The van der Waals surface area contributed by atoms with E-state index in [0.717, 1.165) is 16.5 Å². The first-order valence-electron chi connectivity index (χ1n) is 5.27. The van der Waals surface area contributed by atoms with Crippen LogP contribution in [0.4, 0.5) is 0 Å². The molecule has 0 bridgehead atoms. The summed E-state index contributed by atoms with van der Waals surface area (Å²) in [5, 5.41) is 3.68. The summed E-state index contributed by atoms with van der Waals surface area (Å²) in [6, 6.07) is 0. The Hall–Kier alpha value is -0.550. The molecule has 3 nitrogen and oxygen atoms in total. The number of hydrogen-bond donors (Lipinski definition) is 0. The lowest BCUT2D eigenvalue weighted by Gasteiger charge is -2.05. The van der Waals surface area contributed by atoms with Gasteiger partial charge in [-0.25, -0.2) is 4.98 Å². The van der Waals surface area contributed by atoms with E-state index in [1.54, 1.807) is 11.3 Å². The lowest BCUT2D eigenvalue weighted by atomic mass is 10.3. The smallest absolute Gasteiger partial charge is 0.311 e. The fourth-order valence-corrected chi connectivity index (χ4v) is 2.83. The van der Waals surface area contributed by atoms with Crippen LogP contribution in [0.2, 0.25) is 0 Å². The molecule has 1 rings (SSSR count). The molecule has 0 fully saturated rings. The summed E-state index contributed by atoms with van der Waals surface area (Å²) >= 11 is 3.51. The minimum atomic E-state index is -0.230. The first-order valence-corrected chi connectivity index (χ1v) is 7.20. The van der Waals surface area contributed by atoms with Gasteiger partial charge in [0.15, 0.2) is 0 Å². The minimum absolute atomic E-state index is 0.230. The second-order valence-corrected chi connectivity index (χ2v) is 5.88. The highest BCUT2D eigenvalue weighted by atomic mass is 32.2. The quantitative estimate of drug-likeness (QED) is 0.736. The number of aromatic nitrogens is 1. The number of nitrogens with zero attached hydrogens (tertiary/aromatic N) is 1. The van der Waals surface area contributed by atoms with Gasteiger partial charge in [0.25, 0.3) is 0 Å². The van der Waals surface area contributed by atoms with Crippen molar-refractivity contribution in [1.82, 2.24) is 4.98 Å². The molecule has 0 radical (unpaired) electrons. The molecule has 0 aliphatic heterocycles. The van der Waals surface area contributed by atoms with Crippen LogP contribution in [-0.2, 0) is 21.7 Å². The summed E-state index contributed by atoms with van der Waals surface area (Å²) in [7, 11) is 1.40. The molecule has 0 spiro atoms. The summed E-state index contributed by atoms with van der Waals surface area (Å²) < 4.78 is 4.60. The van der Waals surface area contributed by atoms with Crippen LogP contribution in [0.25, 0.3) is 0 Å². The molecule has 1 aromatic heterocycles. The van der Waals surface area contributed by atoms with Gasteiger partial charge in [-0.2, -0.15) is 11.8 Å². The minimum Gasteiger partial charge on any atom is -0.469 e. The van der Waals surface area contributed by atoms with E-state index < -0.39 is 0 Å². The van der Waals surface area contributed by atoms with Crippen LogP contribution in [0.1, 0.15) is 31.0 Å². The van der Waals surface area contributed by atoms with Gasteiger partial charge in [-0.05, 0) is 6.42 Å². The van der Waals surface area contributed by atoms with Crippen molar-refractivity contribution in [3.05, 3.63) is 16.1 Å². The zero-order chi connectivity index (χ0) is 12.0. The van der Waals surface area contributed by atoms with Gasteiger partial charge in [-0.15, -0.1) is 11.3 Å². The number of rotatable bonds is 6. The summed E-state index contributed by atoms with van der Waals surface area (Å²) in [6.07, 6.45) is 1.45. The van der Waals surface area contributed by atoms with Crippen molar-refractivity contribution in [1.29, 1.82) is 0 Å². The number of carbonyl (C=O) groups excluding carboxylic acids is 1. The molecule has 1 heterocycles. The lowest BCUT2D eigenvalue weighted by molar-refractivity contribution is -0.139. The standard InChI is InChI=1S/C11H17NO2S2/c1-4-8(2)15-7-10-12-9(6-16-10)5-11(13)14-3/h6,8H,4-5,7H2,1-3H3. The maximum absolute atomic E-state index is 11.0. The number of methoxy groups -OCH3 is 1. The third-order valence-electron chi connectivity index (χ3n) is 2.22. The highest BCUT2D eigenvalue weighted by Gasteiger charge is 2.08. The summed E-state index contributed by atoms with van der Waals surface area (Å²) in [6.45, 7) is 4.40. The van der Waals surface area contributed by atoms with Crippen molar-refractivity contribution in [2.45, 2.75) is 37.7 Å². The predicted molar refractivity (Wildman–Crippen MR) is 68.9 cm³/mol. The van der Waals surface area contributed by atoms with Crippen LogP contribution < -0.4 is 0 Å². The highest BCUT2D eigenvalue weighted by Crippen LogP contribution is 2.22. The van der Waals surface area contributed by atoms with Crippen molar-refractivity contribution in [2.24, 2.45) is 0 Å². The molecular formula is C11H17NO2S2. The highest BCUT2D eigenvalue weighted by molar-refractivity contribution is 7.99. The predicted octanol–water partition coefficient (Wildman–Crippen LogP) is 2.89. The van der Waals surface area contributed by atoms with Crippen molar-refractivity contribution < 1.29 is 9.53 Å². The topological polar surface area (TPSA) is 39.2 Å². The molecule has 1 aromatic rings. The Morgan fingerprint density at radius 2 is 2.44 bits per heavy atom. The largest absolute Gasteiger partial charge is 0.469 e. The zero-order valence-corrected chi connectivity index (χ0v) is 11.5. The molecule has 1 atom stereocenters. The molecule has 0 aromatic carbocycles. The molecule has 0 N–H and O–H groups in total. The second-order valence-electron chi connectivity index (χ2n) is 3.52. The van der Waals surface area contributed by atoms with Crippen molar-refractivity contribution in [2.75, 3.05) is 7.11 Å². The van der Waals surface area contributed by atoms with Gasteiger partial charge in [-0.1, -0.05) is 13.8 Å². The van der Waals surface area contributed by atoms with E-state index in [0.29, 0.717) is 5.25 Å². The fraction of sp³-hybridized carbons (Fsp3) is 0.636. The lowest BCUT2D eigenvalue weighted by Crippen LogP contribution is -2.04. The Morgan fingerprint density at radius 3 is 3.06 bits per heavy atom. The number of esters is 1. The third kappa shape index (κ3) is 4.53. The Bertz CT molecular complexity index is 338. The molecule has 0 amide bonds. The molecule has 0 saturated carbocycles. The fourth-order valence-electron chi connectivity index (χ4n) is 1.05. The van der Waals surface area contributed by atoms with Gasteiger partial charge in [0, 0.05) is 16.4 Å². The average molecular weight is 259 g/mol. The van der Waals surface area contributed by atoms with E-state index in [4.69, 9.17) is 0 Å². The van der Waals surface area contributed by atoms with Gasteiger partial charge in [0.2, 0.25) is 0 Å². The second kappa shape index (κ2) is 6.91. The average Bonchev–Trinajstić information content (AvgIpc) is 2.73. The Labute approximate surface area is 105 Å². The van der Waals surface area contributed by atoms with Gasteiger partial charge < -0.3 is 4.74 Å². The number of ether oxygens (including phenoxy) is 1. The maximum Gasteiger partial charge on any atom is 0.311 e. The number of hydrogen-bond acceptors (Lipinski definition) is 5. The van der Waals surface area contributed by atoms with Crippen molar-refractivity contribution in [3.63, 3.8) is 0 Å². The van der Waals surface area contributed by atoms with E-state index in [1.165, 1.54) is 13.5 Å². The number of carbonyl (C=O) groups is 1. The normalized spacial score (nSPS) is 12.4. The number of thioether (sulfide) groups is 1. The third-order valence-corrected chi connectivity index (χ3v) is 4.64. The molecule has 5 heteroatoms. The Balaban J connectivity index is 2.42. The van der Waals surface area contributed by atoms with E-state index in [2.05, 4.69) is 23.6 Å². The van der Waals surface area contributed by atoms with Crippen LogP contribution in [0.15, 0.2) is 5.38 Å². The van der Waals surface area contributed by atoms with Crippen LogP contribution in [0.5, 0.6) is 0 Å². The van der Waals surface area contributed by atoms with E-state index >= 15 is 0 Å². The Morgan fingerprint density at radius 1 is 1.69 bits per heavy atom. The van der Waals surface area contributed by atoms with Crippen LogP contribution >= 0.6 is 23.1 Å². The van der Waals surface area contributed by atoms with Crippen LogP contribution in [0, 0.1) is 0 Å². The van der Waals surface area contributed by atoms with Crippen molar-refractivity contribution >= 4 is 29.1 Å². The summed E-state index contributed by atoms with van der Waals surface area (Å²) in [4.78, 5) is 15.4. The molecular weight excluding hydrogens is 242 g/mol. The summed E-state index contributed by atoms with van der Waals surface area (Å²) in [5.74, 6) is 0.701. The van der Waals surface area contributed by atoms with Gasteiger partial charge >= 0.3 is 5.97 Å². The molecule has 1 unspecified atom stereocenters. The van der Waals surface area contributed by atoms with Crippen LogP contribution in [-0.4, -0.2) is 23.3 Å². The molecule has 0 aliphatic carbocycles. The molecule has 90 valence electrons. The van der Waals surface area contributed by atoms with E-state index in [1.807, 2.05) is 17.1 Å². The van der Waals surface area contributed by atoms with E-state index in [-0.39, 0.29) is 12.4 Å². The Kier molecular flexibility index (Phi) is 5.84. The van der Waals surface area contributed by atoms with Gasteiger partial charge in [0.05, 0.1) is 19.2 Å². The molecule has 0 saturated heterocycles. The van der Waals surface area contributed by atoms with Gasteiger partial charge in [-0.3, -0.25) is 4.79 Å². The summed E-state index contributed by atoms with van der Waals surface area (Å²) in [5.41, 5.74) is 0.816. The first kappa shape index (κ1) is 13.5. The van der Waals surface area contributed by atoms with Crippen LogP contribution in [0.3, 0.4) is 0 Å². The number of thiazole rings is 1. The molecule has 16 heavy (non-hydrogen) atoms. The zero-order valence-electron chi connectivity index (χ0n) is 9.86. The first-order chi connectivity index (χ1) is 7.65. The SMILES string of the molecule is CCC(C)SCc1nc(CC(=O)OC)cs1. The van der Waals surface area contributed by atoms with Gasteiger partial charge in [0.1, 0.15) is 5.01 Å². The maximum atomic E-state index is 11.0. The van der Waals surface area contributed by atoms with Crippen molar-refractivity contribution in [3.8, 4) is 0 Å². The monoisotopic (exact) mass is 259 g/mol.